The number of piperidine rings is 1. The standard InChI is InChI=1S/C25H28N10/c1-16-11-23(33-32-16)30-24-21-6-5-18(34-10-8-27-15-34)14-22(21)29-25(31-24)28-17-12-19-3-4-20(13-17)35(19)9-2-7-26/h5-6,8,10-11,14-15,17,19-20H,2-4,9,12-13H2,1H3,(H3,28,29,30,31,32,33)/t17?,19-,20+. The second kappa shape index (κ2) is 9.00. The lowest BCUT2D eigenvalue weighted by molar-refractivity contribution is 0.135. The Balaban J connectivity index is 1.31. The minimum absolute atomic E-state index is 0.306. The Morgan fingerprint density at radius 3 is 2.74 bits per heavy atom. The molecule has 1 aromatic carbocycles. The molecule has 2 aliphatic heterocycles. The van der Waals surface area contributed by atoms with Crippen molar-refractivity contribution in [1.82, 2.24) is 34.6 Å². The van der Waals surface area contributed by atoms with Gasteiger partial charge in [-0.05, 0) is 50.8 Å². The molecular formula is C25H28N10. The summed E-state index contributed by atoms with van der Waals surface area (Å²) in [5, 5.41) is 24.2. The smallest absolute Gasteiger partial charge is 0.225 e. The van der Waals surface area contributed by atoms with Gasteiger partial charge >= 0.3 is 0 Å². The number of nitrogens with zero attached hydrogens (tertiary/aromatic N) is 7. The van der Waals surface area contributed by atoms with Crippen molar-refractivity contribution in [3.63, 3.8) is 0 Å². The number of aromatic amines is 1. The number of nitriles is 1. The number of benzene rings is 1. The molecule has 5 heterocycles. The molecule has 10 heteroatoms. The lowest BCUT2D eigenvalue weighted by Gasteiger charge is -2.38. The van der Waals surface area contributed by atoms with E-state index in [9.17, 15) is 0 Å². The van der Waals surface area contributed by atoms with Crippen molar-refractivity contribution in [1.29, 1.82) is 5.26 Å². The predicted octanol–water partition coefficient (Wildman–Crippen LogP) is 3.91. The van der Waals surface area contributed by atoms with Crippen LogP contribution < -0.4 is 10.6 Å². The maximum atomic E-state index is 9.01. The number of anilines is 3. The first-order valence-electron chi connectivity index (χ1n) is 12.1. The first-order chi connectivity index (χ1) is 17.2. The number of nitrogens with one attached hydrogen (secondary N) is 3. The largest absolute Gasteiger partial charge is 0.351 e. The van der Waals surface area contributed by atoms with E-state index < -0.39 is 0 Å². The number of imidazole rings is 1. The maximum absolute atomic E-state index is 9.01. The maximum Gasteiger partial charge on any atom is 0.225 e. The SMILES string of the molecule is Cc1cc(Nc2nc(NC3C[C@H]4CC[C@@H](C3)N4CCC#N)nc3cc(-n4ccnc4)ccc23)n[nH]1. The molecule has 0 radical (unpaired) electrons. The van der Waals surface area contributed by atoms with E-state index in [0.717, 1.165) is 53.3 Å². The van der Waals surface area contributed by atoms with Crippen molar-refractivity contribution < 1.29 is 0 Å². The van der Waals surface area contributed by atoms with Crippen LogP contribution >= 0.6 is 0 Å². The van der Waals surface area contributed by atoms with Crippen molar-refractivity contribution >= 4 is 28.5 Å². The lowest BCUT2D eigenvalue weighted by Crippen LogP contribution is -2.47. The van der Waals surface area contributed by atoms with Gasteiger partial charge in [0.15, 0.2) is 5.82 Å². The van der Waals surface area contributed by atoms with Gasteiger partial charge in [0.05, 0.1) is 17.9 Å². The third-order valence-electron chi connectivity index (χ3n) is 7.13. The topological polar surface area (TPSA) is 123 Å². The lowest BCUT2D eigenvalue weighted by atomic mass is 9.97. The Hall–Kier alpha value is -3.97. The Morgan fingerprint density at radius 2 is 2.03 bits per heavy atom. The predicted molar refractivity (Wildman–Crippen MR) is 134 cm³/mol. The van der Waals surface area contributed by atoms with E-state index >= 15 is 0 Å². The molecule has 2 bridgehead atoms. The quantitative estimate of drug-likeness (QED) is 0.373. The number of H-pyrrole nitrogens is 1. The van der Waals surface area contributed by atoms with Crippen LogP contribution in [0, 0.1) is 18.3 Å². The van der Waals surface area contributed by atoms with Gasteiger partial charge in [0, 0.05) is 66.3 Å². The molecule has 35 heavy (non-hydrogen) atoms. The molecule has 6 rings (SSSR count). The van der Waals surface area contributed by atoms with Crippen LogP contribution in [0.2, 0.25) is 0 Å². The fraction of sp³-hybridized carbons (Fsp3) is 0.400. The van der Waals surface area contributed by atoms with Crippen LogP contribution in [-0.2, 0) is 0 Å². The third kappa shape index (κ3) is 4.31. The van der Waals surface area contributed by atoms with Crippen molar-refractivity contribution in [3.05, 3.63) is 48.7 Å². The minimum Gasteiger partial charge on any atom is -0.351 e. The van der Waals surface area contributed by atoms with Crippen LogP contribution in [0.15, 0.2) is 43.0 Å². The Morgan fingerprint density at radius 1 is 1.17 bits per heavy atom. The van der Waals surface area contributed by atoms with Crippen molar-refractivity contribution in [2.45, 2.75) is 57.2 Å². The minimum atomic E-state index is 0.306. The van der Waals surface area contributed by atoms with Crippen LogP contribution in [0.5, 0.6) is 0 Å². The molecule has 0 aliphatic carbocycles. The molecule has 2 saturated heterocycles. The highest BCUT2D eigenvalue weighted by Gasteiger charge is 2.40. The Labute approximate surface area is 203 Å². The summed E-state index contributed by atoms with van der Waals surface area (Å²) in [5.41, 5.74) is 2.81. The van der Waals surface area contributed by atoms with Crippen molar-refractivity contribution in [2.24, 2.45) is 0 Å². The van der Waals surface area contributed by atoms with Crippen molar-refractivity contribution in [3.8, 4) is 11.8 Å². The summed E-state index contributed by atoms with van der Waals surface area (Å²) in [5.74, 6) is 2.05. The zero-order valence-corrected chi connectivity index (χ0v) is 19.6. The summed E-state index contributed by atoms with van der Waals surface area (Å²) < 4.78 is 1.97. The van der Waals surface area contributed by atoms with Crippen molar-refractivity contribution in [2.75, 3.05) is 17.2 Å². The number of aryl methyl sites for hydroxylation is 1. The fourth-order valence-electron chi connectivity index (χ4n) is 5.57. The summed E-state index contributed by atoms with van der Waals surface area (Å²) in [6.45, 7) is 2.84. The van der Waals surface area contributed by atoms with Gasteiger partial charge in [-0.1, -0.05) is 0 Å². The molecule has 3 N–H and O–H groups in total. The number of hydrogen-bond acceptors (Lipinski definition) is 8. The first-order valence-corrected chi connectivity index (χ1v) is 12.1. The van der Waals surface area contributed by atoms with E-state index in [0.29, 0.717) is 30.5 Å². The molecule has 3 aromatic heterocycles. The Kier molecular flexibility index (Phi) is 5.54. The summed E-state index contributed by atoms with van der Waals surface area (Å²) in [7, 11) is 0. The van der Waals surface area contributed by atoms with Crippen LogP contribution in [0.3, 0.4) is 0 Å². The van der Waals surface area contributed by atoms with E-state index in [1.165, 1.54) is 12.8 Å². The molecule has 0 spiro atoms. The number of rotatable bonds is 7. The van der Waals surface area contributed by atoms with Gasteiger partial charge in [-0.15, -0.1) is 0 Å². The van der Waals surface area contributed by atoms with Crippen LogP contribution in [0.1, 0.15) is 37.8 Å². The molecule has 0 saturated carbocycles. The summed E-state index contributed by atoms with van der Waals surface area (Å²) in [4.78, 5) is 16.5. The van der Waals surface area contributed by atoms with Crippen LogP contribution in [0.4, 0.5) is 17.6 Å². The van der Waals surface area contributed by atoms with E-state index in [4.69, 9.17) is 15.2 Å². The van der Waals surface area contributed by atoms with Gasteiger partial charge in [-0.25, -0.2) is 9.97 Å². The monoisotopic (exact) mass is 468 g/mol. The second-order valence-electron chi connectivity index (χ2n) is 9.47. The van der Waals surface area contributed by atoms with Gasteiger partial charge in [0.2, 0.25) is 5.95 Å². The highest BCUT2D eigenvalue weighted by Crippen LogP contribution is 2.37. The van der Waals surface area contributed by atoms with Gasteiger partial charge in [0.1, 0.15) is 5.82 Å². The first kappa shape index (κ1) is 21.6. The molecule has 0 amide bonds. The molecule has 10 nitrogen and oxygen atoms in total. The number of hydrogen-bond donors (Lipinski definition) is 3. The van der Waals surface area contributed by atoms with Gasteiger partial charge in [-0.2, -0.15) is 15.3 Å². The van der Waals surface area contributed by atoms with E-state index in [-0.39, 0.29) is 0 Å². The zero-order valence-electron chi connectivity index (χ0n) is 19.6. The highest BCUT2D eigenvalue weighted by atomic mass is 15.3. The molecule has 2 aliphatic rings. The summed E-state index contributed by atoms with van der Waals surface area (Å²) in [6, 6.07) is 11.7. The average molecular weight is 469 g/mol. The molecule has 4 aromatic rings. The van der Waals surface area contributed by atoms with E-state index in [1.807, 2.05) is 35.9 Å². The molecule has 178 valence electrons. The molecular weight excluding hydrogens is 440 g/mol. The highest BCUT2D eigenvalue weighted by molar-refractivity contribution is 5.92. The fourth-order valence-corrected chi connectivity index (χ4v) is 5.57. The second-order valence-corrected chi connectivity index (χ2v) is 9.47. The van der Waals surface area contributed by atoms with Crippen LogP contribution in [-0.4, -0.2) is 59.3 Å². The summed E-state index contributed by atoms with van der Waals surface area (Å²) in [6.07, 6.45) is 10.5. The van der Waals surface area contributed by atoms with Gasteiger partial charge < -0.3 is 15.2 Å². The third-order valence-corrected chi connectivity index (χ3v) is 7.13. The van der Waals surface area contributed by atoms with Crippen LogP contribution in [0.25, 0.3) is 16.6 Å². The molecule has 1 unspecified atom stereocenters. The molecule has 2 fully saturated rings. The normalized spacial score (nSPS) is 21.8. The van der Waals surface area contributed by atoms with E-state index in [2.05, 4.69) is 42.9 Å². The van der Waals surface area contributed by atoms with Gasteiger partial charge in [-0.3, -0.25) is 10.00 Å². The zero-order chi connectivity index (χ0) is 23.8. The average Bonchev–Trinajstić information content (AvgIpc) is 3.58. The van der Waals surface area contributed by atoms with E-state index in [1.54, 1.807) is 12.5 Å². The summed E-state index contributed by atoms with van der Waals surface area (Å²) >= 11 is 0. The van der Waals surface area contributed by atoms with Gasteiger partial charge in [0.25, 0.3) is 0 Å². The number of aromatic nitrogens is 6. The number of fused-ring (bicyclic) bond motifs is 3. The Bertz CT molecular complexity index is 1350. The molecule has 3 atom stereocenters.